The molecular weight excluding hydrogens is 386 g/mol. The van der Waals surface area contributed by atoms with Gasteiger partial charge < -0.3 is 24.1 Å². The van der Waals surface area contributed by atoms with Crippen molar-refractivity contribution in [2.24, 2.45) is 0 Å². The van der Waals surface area contributed by atoms with Crippen LogP contribution in [0.2, 0.25) is 0 Å². The minimum atomic E-state index is -1.06. The Hall–Kier alpha value is -2.87. The van der Waals surface area contributed by atoms with Crippen molar-refractivity contribution < 1.29 is 23.5 Å². The summed E-state index contributed by atoms with van der Waals surface area (Å²) < 4.78 is 17.1. The summed E-state index contributed by atoms with van der Waals surface area (Å²) in [5.74, 6) is 0.862. The van der Waals surface area contributed by atoms with E-state index in [9.17, 15) is 9.59 Å². The van der Waals surface area contributed by atoms with Crippen LogP contribution in [0.1, 0.15) is 41.2 Å². The molecule has 1 aromatic heterocycles. The third-order valence-corrected chi connectivity index (χ3v) is 5.62. The van der Waals surface area contributed by atoms with E-state index in [0.717, 1.165) is 25.0 Å². The van der Waals surface area contributed by atoms with E-state index in [1.165, 1.54) is 11.8 Å². The number of morpholine rings is 1. The molecular formula is C22H27N3O5. The molecule has 2 amide bonds. The van der Waals surface area contributed by atoms with E-state index in [1.54, 1.807) is 11.8 Å². The van der Waals surface area contributed by atoms with Crippen molar-refractivity contribution in [3.05, 3.63) is 47.7 Å². The minimum absolute atomic E-state index is 0.195. The molecule has 0 bridgehead atoms. The number of hydrogen-bond acceptors (Lipinski definition) is 6. The number of fused-ring (bicyclic) bond motifs is 1. The van der Waals surface area contributed by atoms with Gasteiger partial charge >= 0.3 is 0 Å². The molecule has 1 saturated heterocycles. The van der Waals surface area contributed by atoms with Gasteiger partial charge in [0.1, 0.15) is 18.6 Å². The highest BCUT2D eigenvalue weighted by molar-refractivity contribution is 5.93. The number of benzene rings is 1. The van der Waals surface area contributed by atoms with Gasteiger partial charge in [-0.25, -0.2) is 4.98 Å². The Morgan fingerprint density at radius 3 is 2.93 bits per heavy atom. The van der Waals surface area contributed by atoms with Crippen LogP contribution in [0.5, 0.6) is 5.75 Å². The van der Waals surface area contributed by atoms with E-state index >= 15 is 0 Å². The molecule has 2 aliphatic rings. The van der Waals surface area contributed by atoms with Gasteiger partial charge in [-0.1, -0.05) is 18.2 Å². The molecule has 0 saturated carbocycles. The Labute approximate surface area is 175 Å². The summed E-state index contributed by atoms with van der Waals surface area (Å²) in [6.07, 6.45) is 4.47. The fraction of sp³-hybridized carbons (Fsp3) is 0.500. The van der Waals surface area contributed by atoms with Gasteiger partial charge in [0.05, 0.1) is 19.7 Å². The molecule has 1 atom stereocenters. The first-order chi connectivity index (χ1) is 14.6. The number of aryl methyl sites for hydroxylation is 2. The Morgan fingerprint density at radius 1 is 1.23 bits per heavy atom. The third-order valence-electron chi connectivity index (χ3n) is 5.62. The number of amides is 2. The second-order valence-corrected chi connectivity index (χ2v) is 7.74. The largest absolute Gasteiger partial charge is 0.491 e. The average molecular weight is 413 g/mol. The topological polar surface area (TPSA) is 93.9 Å². The van der Waals surface area contributed by atoms with Crippen molar-refractivity contribution in [1.29, 1.82) is 0 Å². The lowest BCUT2D eigenvalue weighted by Gasteiger charge is -2.41. The smallest absolute Gasteiger partial charge is 0.276 e. The third kappa shape index (κ3) is 4.33. The van der Waals surface area contributed by atoms with Gasteiger partial charge in [-0.05, 0) is 37.3 Å². The minimum Gasteiger partial charge on any atom is -0.491 e. The van der Waals surface area contributed by atoms with Gasteiger partial charge in [-0.15, -0.1) is 0 Å². The summed E-state index contributed by atoms with van der Waals surface area (Å²) in [5.41, 5.74) is 0.357. The number of aromatic nitrogens is 1. The Kier molecular flexibility index (Phi) is 6.03. The summed E-state index contributed by atoms with van der Waals surface area (Å²) in [5, 5.41) is 2.93. The fourth-order valence-electron chi connectivity index (χ4n) is 4.05. The molecule has 8 nitrogen and oxygen atoms in total. The number of rotatable bonds is 1. The van der Waals surface area contributed by atoms with Gasteiger partial charge in [-0.3, -0.25) is 9.59 Å². The second kappa shape index (κ2) is 8.87. The standard InChI is InChI=1S/C22H27N3O5/c1-16-24-18(14-29-16)20(26)25-11-13-30-22(15-25)9-5-4-7-17-6-2-3-8-19(17)28-12-10-23-21(22)27/h2-3,6,8,14H,4-5,7,9-13,15H2,1H3,(H,23,27). The predicted octanol–water partition coefficient (Wildman–Crippen LogP) is 2.12. The van der Waals surface area contributed by atoms with Crippen LogP contribution in [-0.4, -0.2) is 60.1 Å². The molecule has 2 aliphatic heterocycles. The summed E-state index contributed by atoms with van der Waals surface area (Å²) in [4.78, 5) is 31.7. The second-order valence-electron chi connectivity index (χ2n) is 7.74. The number of nitrogens with one attached hydrogen (secondary N) is 1. The zero-order chi connectivity index (χ0) is 21.0. The number of ether oxygens (including phenoxy) is 2. The van der Waals surface area contributed by atoms with Crippen LogP contribution < -0.4 is 10.1 Å². The van der Waals surface area contributed by atoms with Crippen LogP contribution in [0, 0.1) is 6.92 Å². The average Bonchev–Trinajstić information content (AvgIpc) is 3.20. The van der Waals surface area contributed by atoms with E-state index in [-0.39, 0.29) is 24.1 Å². The highest BCUT2D eigenvalue weighted by Crippen LogP contribution is 2.28. The molecule has 8 heteroatoms. The van der Waals surface area contributed by atoms with Gasteiger partial charge in [0, 0.05) is 13.5 Å². The first-order valence-electron chi connectivity index (χ1n) is 10.4. The van der Waals surface area contributed by atoms with Crippen LogP contribution in [0.3, 0.4) is 0 Å². The molecule has 2 aromatic rings. The first-order valence-corrected chi connectivity index (χ1v) is 10.4. The zero-order valence-electron chi connectivity index (χ0n) is 17.2. The van der Waals surface area contributed by atoms with Crippen LogP contribution in [0.25, 0.3) is 0 Å². The van der Waals surface area contributed by atoms with Gasteiger partial charge in [0.25, 0.3) is 11.8 Å². The molecule has 1 unspecified atom stereocenters. The maximum Gasteiger partial charge on any atom is 0.276 e. The van der Waals surface area contributed by atoms with Crippen molar-refractivity contribution in [1.82, 2.24) is 15.2 Å². The monoisotopic (exact) mass is 413 g/mol. The lowest BCUT2D eigenvalue weighted by Crippen LogP contribution is -2.61. The van der Waals surface area contributed by atoms with Gasteiger partial charge in [0.15, 0.2) is 17.2 Å². The maximum atomic E-state index is 13.1. The zero-order valence-corrected chi connectivity index (χ0v) is 17.2. The molecule has 1 N–H and O–H groups in total. The number of carbonyl (C=O) groups is 2. The summed E-state index contributed by atoms with van der Waals surface area (Å²) in [6.45, 7) is 3.35. The van der Waals surface area contributed by atoms with Crippen LogP contribution in [0.4, 0.5) is 0 Å². The van der Waals surface area contributed by atoms with Crippen LogP contribution >= 0.6 is 0 Å². The molecule has 0 radical (unpaired) electrons. The molecule has 4 rings (SSSR count). The summed E-state index contributed by atoms with van der Waals surface area (Å²) in [7, 11) is 0. The summed E-state index contributed by atoms with van der Waals surface area (Å²) in [6, 6.07) is 8.00. The van der Waals surface area contributed by atoms with Crippen molar-refractivity contribution >= 4 is 11.8 Å². The quantitative estimate of drug-likeness (QED) is 0.770. The van der Waals surface area contributed by atoms with E-state index in [2.05, 4.69) is 16.4 Å². The van der Waals surface area contributed by atoms with Crippen LogP contribution in [-0.2, 0) is 16.0 Å². The Bertz CT molecular complexity index is 912. The van der Waals surface area contributed by atoms with Crippen molar-refractivity contribution in [2.45, 2.75) is 38.2 Å². The number of hydrogen-bond donors (Lipinski definition) is 1. The SMILES string of the molecule is Cc1nc(C(=O)N2CCOC3(CCCCc4ccccc4OCCNC3=O)C2)co1. The van der Waals surface area contributed by atoms with E-state index in [4.69, 9.17) is 13.9 Å². The number of carbonyl (C=O) groups excluding carboxylic acids is 2. The maximum absolute atomic E-state index is 13.1. The molecule has 30 heavy (non-hydrogen) atoms. The number of para-hydroxylation sites is 1. The van der Waals surface area contributed by atoms with E-state index in [1.807, 2.05) is 18.2 Å². The van der Waals surface area contributed by atoms with Crippen LogP contribution in [0.15, 0.2) is 34.9 Å². The van der Waals surface area contributed by atoms with Gasteiger partial charge in [0.2, 0.25) is 0 Å². The Morgan fingerprint density at radius 2 is 2.10 bits per heavy atom. The highest BCUT2D eigenvalue weighted by Gasteiger charge is 2.44. The normalized spacial score (nSPS) is 23.0. The predicted molar refractivity (Wildman–Crippen MR) is 108 cm³/mol. The lowest BCUT2D eigenvalue weighted by molar-refractivity contribution is -0.159. The van der Waals surface area contributed by atoms with Crippen molar-refractivity contribution in [3.63, 3.8) is 0 Å². The molecule has 1 aromatic carbocycles. The molecule has 1 fully saturated rings. The molecule has 160 valence electrons. The number of oxazole rings is 1. The molecule has 1 spiro atoms. The van der Waals surface area contributed by atoms with Gasteiger partial charge in [-0.2, -0.15) is 0 Å². The number of nitrogens with zero attached hydrogens (tertiary/aromatic N) is 2. The summed E-state index contributed by atoms with van der Waals surface area (Å²) >= 11 is 0. The molecule has 3 heterocycles. The Balaban J connectivity index is 1.49. The van der Waals surface area contributed by atoms with Crippen molar-refractivity contribution in [2.75, 3.05) is 32.8 Å². The lowest BCUT2D eigenvalue weighted by atomic mass is 9.91. The van der Waals surface area contributed by atoms with E-state index < -0.39 is 5.60 Å². The highest BCUT2D eigenvalue weighted by atomic mass is 16.5. The first kappa shape index (κ1) is 20.4. The van der Waals surface area contributed by atoms with E-state index in [0.29, 0.717) is 38.6 Å². The molecule has 0 aliphatic carbocycles. The van der Waals surface area contributed by atoms with Crippen molar-refractivity contribution in [3.8, 4) is 5.75 Å². The fourth-order valence-corrected chi connectivity index (χ4v) is 4.05.